The van der Waals surface area contributed by atoms with Gasteiger partial charge in [-0.3, -0.25) is 0 Å². The first-order valence-corrected chi connectivity index (χ1v) is 4.52. The summed E-state index contributed by atoms with van der Waals surface area (Å²) in [4.78, 5) is 0. The molecule has 6 heteroatoms. The summed E-state index contributed by atoms with van der Waals surface area (Å²) in [6.45, 7) is 0. The molecule has 4 nitrogen and oxygen atoms in total. The van der Waals surface area contributed by atoms with E-state index in [9.17, 15) is 13.0 Å². The summed E-state index contributed by atoms with van der Waals surface area (Å²) in [5, 5.41) is 0. The van der Waals surface area contributed by atoms with E-state index >= 15 is 0 Å². The average molecular weight is 173 g/mol. The topological polar surface area (TPSA) is 84.8 Å². The Labute approximate surface area is 60.6 Å². The van der Waals surface area contributed by atoms with Crippen LogP contribution in [-0.4, -0.2) is 31.5 Å². The zero-order chi connectivity index (χ0) is 7.91. The minimum atomic E-state index is -4.00. The van der Waals surface area contributed by atoms with E-state index in [1.165, 1.54) is 0 Å². The molecule has 0 fully saturated rings. The van der Waals surface area contributed by atoms with Crippen molar-refractivity contribution in [3.8, 4) is 0 Å². The smallest absolute Gasteiger partial charge is 0.0954 e. The fourth-order valence-corrected chi connectivity index (χ4v) is 1.01. The molecular weight excluding hydrogens is 162 g/mol. The van der Waals surface area contributed by atoms with E-state index < -0.39 is 10.1 Å². The van der Waals surface area contributed by atoms with Crippen molar-refractivity contribution in [1.82, 2.24) is 0 Å². The van der Waals surface area contributed by atoms with Crippen LogP contribution >= 0.6 is 12.6 Å². The molecule has 0 heterocycles. The number of rotatable bonds is 2. The van der Waals surface area contributed by atoms with E-state index in [2.05, 4.69) is 18.4 Å². The summed E-state index contributed by atoms with van der Waals surface area (Å²) in [6, 6.07) is 0. The molecule has 0 aliphatic carbocycles. The molecule has 0 aliphatic heterocycles. The van der Waals surface area contributed by atoms with Crippen LogP contribution in [0.3, 0.4) is 0 Å². The van der Waals surface area contributed by atoms with Gasteiger partial charge in [0.05, 0.1) is 17.2 Å². The lowest BCUT2D eigenvalue weighted by atomic mass is 11.0. The lowest BCUT2D eigenvalue weighted by Crippen LogP contribution is -2.40. The molecule has 0 atom stereocenters. The van der Waals surface area contributed by atoms with E-state index in [0.29, 0.717) is 0 Å². The molecule has 0 amide bonds. The van der Waals surface area contributed by atoms with E-state index in [-0.39, 0.29) is 11.5 Å². The van der Waals surface area contributed by atoms with Crippen LogP contribution in [0.2, 0.25) is 0 Å². The van der Waals surface area contributed by atoms with Crippen LogP contribution in [0.1, 0.15) is 0 Å². The van der Waals surface area contributed by atoms with E-state index in [1.807, 2.05) is 0 Å². The first-order chi connectivity index (χ1) is 4.06. The Kier molecular flexibility index (Phi) is 8.42. The highest BCUT2D eigenvalue weighted by atomic mass is 32.2. The number of hydrogen-bond acceptors (Lipinski definition) is 4. The van der Waals surface area contributed by atoms with Gasteiger partial charge in [-0.2, -0.15) is 12.6 Å². The highest BCUT2D eigenvalue weighted by molar-refractivity contribution is 7.87. The van der Waals surface area contributed by atoms with Crippen molar-refractivity contribution in [2.45, 2.75) is 0 Å². The van der Waals surface area contributed by atoms with Crippen LogP contribution in [0.5, 0.6) is 0 Å². The summed E-state index contributed by atoms with van der Waals surface area (Å²) < 4.78 is 28.9. The molecule has 0 aromatic rings. The van der Waals surface area contributed by atoms with Gasteiger partial charge in [-0.1, -0.05) is 0 Å². The molecule has 9 heavy (non-hydrogen) atoms. The molecular formula is C3H11NO3S2. The summed E-state index contributed by atoms with van der Waals surface area (Å²) in [6.07, 6.45) is 0. The summed E-state index contributed by atoms with van der Waals surface area (Å²) in [5.41, 5.74) is 3.25. The Morgan fingerprint density at radius 3 is 1.89 bits per heavy atom. The summed E-state index contributed by atoms with van der Waals surface area (Å²) in [5.74, 6) is -0.276. The Hall–Kier alpha value is 0.220. The van der Waals surface area contributed by atoms with Gasteiger partial charge in [0, 0.05) is 11.5 Å². The van der Waals surface area contributed by atoms with Gasteiger partial charge in [0.25, 0.3) is 0 Å². The van der Waals surface area contributed by atoms with Crippen LogP contribution in [0, 0.1) is 0 Å². The zero-order valence-electron chi connectivity index (χ0n) is 5.20. The van der Waals surface area contributed by atoms with Crippen LogP contribution in [-0.2, 0) is 10.1 Å². The van der Waals surface area contributed by atoms with Crippen molar-refractivity contribution >= 4 is 22.7 Å². The lowest BCUT2D eigenvalue weighted by Gasteiger charge is -2.00. The minimum Gasteiger partial charge on any atom is -0.748 e. The van der Waals surface area contributed by atoms with E-state index in [4.69, 9.17) is 0 Å². The molecule has 3 N–H and O–H groups in total. The van der Waals surface area contributed by atoms with E-state index in [1.54, 1.807) is 7.05 Å². The van der Waals surface area contributed by atoms with Crippen molar-refractivity contribution in [2.24, 2.45) is 0 Å². The maximum atomic E-state index is 9.63. The van der Waals surface area contributed by atoms with Gasteiger partial charge < -0.3 is 10.3 Å². The van der Waals surface area contributed by atoms with Gasteiger partial charge in [0.2, 0.25) is 0 Å². The van der Waals surface area contributed by atoms with Crippen LogP contribution in [0.4, 0.5) is 0 Å². The molecule has 0 spiro atoms. The second kappa shape index (κ2) is 6.34. The van der Waals surface area contributed by atoms with Gasteiger partial charge >= 0.3 is 0 Å². The predicted octanol–water partition coefficient (Wildman–Crippen LogP) is -1.68. The molecule has 0 radical (unpaired) electrons. The predicted molar refractivity (Wildman–Crippen MR) is 37.2 cm³/mol. The SMILES string of the molecule is C[NH3+].O=S(=O)([O-])CCS. The molecule has 58 valence electrons. The Bertz CT molecular complexity index is 130. The number of thiol groups is 1. The highest BCUT2D eigenvalue weighted by Gasteiger charge is 1.87. The minimum absolute atomic E-state index is 0.103. The molecule has 0 aromatic carbocycles. The average Bonchev–Trinajstić information content (AvgIpc) is 1.69. The van der Waals surface area contributed by atoms with Crippen LogP contribution in [0.25, 0.3) is 0 Å². The van der Waals surface area contributed by atoms with Crippen molar-refractivity contribution in [3.63, 3.8) is 0 Å². The van der Waals surface area contributed by atoms with Gasteiger partial charge in [0.15, 0.2) is 0 Å². The molecule has 0 saturated carbocycles. The quantitative estimate of drug-likeness (QED) is 0.386. The Morgan fingerprint density at radius 2 is 1.89 bits per heavy atom. The van der Waals surface area contributed by atoms with Gasteiger partial charge in [-0.25, -0.2) is 8.42 Å². The van der Waals surface area contributed by atoms with Crippen LogP contribution < -0.4 is 5.73 Å². The number of quaternary nitrogens is 1. The lowest BCUT2D eigenvalue weighted by molar-refractivity contribution is -0.325. The molecule has 0 rings (SSSR count). The third kappa shape index (κ3) is 17.9. The number of hydrogen-bond donors (Lipinski definition) is 2. The monoisotopic (exact) mass is 173 g/mol. The fourth-order valence-electron chi connectivity index (χ4n) is 0.112. The zero-order valence-corrected chi connectivity index (χ0v) is 6.91. The third-order valence-electron chi connectivity index (χ3n) is 0.341. The first-order valence-electron chi connectivity index (χ1n) is 2.31. The highest BCUT2D eigenvalue weighted by Crippen LogP contribution is 1.81. The molecule has 0 aromatic heterocycles. The standard InChI is InChI=1S/C2H6O3S2.CH5N/c3-7(4,5)2-1-6;1-2/h6H,1-2H2,(H,3,4,5);2H2,1H3. The van der Waals surface area contributed by atoms with Gasteiger partial charge in [0.1, 0.15) is 0 Å². The summed E-state index contributed by atoms with van der Waals surface area (Å²) >= 11 is 3.53. The molecule has 0 saturated heterocycles. The third-order valence-corrected chi connectivity index (χ3v) is 1.57. The summed E-state index contributed by atoms with van der Waals surface area (Å²) in [7, 11) is -2.25. The maximum Gasteiger partial charge on any atom is 0.0954 e. The largest absolute Gasteiger partial charge is 0.748 e. The molecule has 0 aliphatic rings. The first kappa shape index (κ1) is 12.0. The second-order valence-corrected chi connectivity index (χ2v) is 2.96. The normalized spacial score (nSPS) is 9.78. The fraction of sp³-hybridized carbons (Fsp3) is 1.00. The van der Waals surface area contributed by atoms with Crippen molar-refractivity contribution < 1.29 is 18.7 Å². The van der Waals surface area contributed by atoms with Crippen molar-refractivity contribution in [1.29, 1.82) is 0 Å². The Morgan fingerprint density at radius 1 is 1.56 bits per heavy atom. The molecule has 0 unspecified atom stereocenters. The van der Waals surface area contributed by atoms with E-state index in [0.717, 1.165) is 0 Å². The second-order valence-electron chi connectivity index (χ2n) is 0.985. The van der Waals surface area contributed by atoms with Gasteiger partial charge in [-0.15, -0.1) is 0 Å². The maximum absolute atomic E-state index is 9.63. The van der Waals surface area contributed by atoms with Crippen molar-refractivity contribution in [2.75, 3.05) is 18.6 Å². The van der Waals surface area contributed by atoms with Crippen LogP contribution in [0.15, 0.2) is 0 Å². The molecule has 0 bridgehead atoms. The van der Waals surface area contributed by atoms with Gasteiger partial charge in [-0.05, 0) is 0 Å². The Balaban J connectivity index is 0. The van der Waals surface area contributed by atoms with Crippen molar-refractivity contribution in [3.05, 3.63) is 0 Å².